The summed E-state index contributed by atoms with van der Waals surface area (Å²) in [5.41, 5.74) is 5.38. The molecule has 0 aliphatic carbocycles. The summed E-state index contributed by atoms with van der Waals surface area (Å²) in [6.07, 6.45) is 92.7. The number of hydrogen-bond acceptors (Lipinski definition) is 8. The Morgan fingerprint density at radius 2 is 0.696 bits per heavy atom. The quantitative estimate of drug-likeness (QED) is 0.0264. The second-order valence-electron chi connectivity index (χ2n) is 19.5. The summed E-state index contributed by atoms with van der Waals surface area (Å²) in [4.78, 5) is 35.2. The highest BCUT2D eigenvalue weighted by molar-refractivity contribution is 7.47. The first kappa shape index (κ1) is 74.4. The van der Waals surface area contributed by atoms with Crippen molar-refractivity contribution >= 4 is 19.8 Å². The molecule has 0 aromatic heterocycles. The molecule has 0 spiro atoms. The van der Waals surface area contributed by atoms with Crippen LogP contribution in [-0.4, -0.2) is 49.3 Å². The normalized spacial score (nSPS) is 14.2. The van der Waals surface area contributed by atoms with Crippen molar-refractivity contribution < 1.29 is 37.6 Å². The molecule has 0 bridgehead atoms. The van der Waals surface area contributed by atoms with Gasteiger partial charge in [0.2, 0.25) is 0 Å². The number of esters is 2. The first-order valence-electron chi connectivity index (χ1n) is 30.6. The van der Waals surface area contributed by atoms with Crippen molar-refractivity contribution in [3.05, 3.63) is 170 Å². The summed E-state index contributed by atoms with van der Waals surface area (Å²) in [6.45, 7) is 3.54. The molecule has 0 aromatic rings. The highest BCUT2D eigenvalue weighted by Gasteiger charge is 2.26. The molecule has 2 unspecified atom stereocenters. The Hall–Kier alpha value is -4.63. The van der Waals surface area contributed by atoms with Crippen LogP contribution in [0.2, 0.25) is 0 Å². The predicted octanol–water partition coefficient (Wildman–Crippen LogP) is 19.8. The van der Waals surface area contributed by atoms with Crippen LogP contribution in [0.5, 0.6) is 0 Å². The maximum absolute atomic E-state index is 12.7. The average molecular weight is 1110 g/mol. The molecule has 0 rings (SSSR count). The number of unbranched alkanes of at least 4 members (excludes halogenated alkanes) is 14. The zero-order valence-electron chi connectivity index (χ0n) is 49.5. The van der Waals surface area contributed by atoms with Crippen molar-refractivity contribution in [3.63, 3.8) is 0 Å². The van der Waals surface area contributed by atoms with E-state index in [9.17, 15) is 19.0 Å². The van der Waals surface area contributed by atoms with Gasteiger partial charge in [0.15, 0.2) is 6.10 Å². The zero-order chi connectivity index (χ0) is 57.3. The van der Waals surface area contributed by atoms with Gasteiger partial charge >= 0.3 is 19.8 Å². The lowest BCUT2D eigenvalue weighted by Crippen LogP contribution is -2.29. The third-order valence-electron chi connectivity index (χ3n) is 12.1. The van der Waals surface area contributed by atoms with Gasteiger partial charge in [-0.15, -0.1) is 0 Å². The maximum Gasteiger partial charge on any atom is 0.472 e. The molecule has 0 aromatic carbocycles. The minimum Gasteiger partial charge on any atom is -0.462 e. The zero-order valence-corrected chi connectivity index (χ0v) is 50.4. The fraction of sp³-hybridized carbons (Fsp3) is 0.565. The molecule has 0 saturated heterocycles. The van der Waals surface area contributed by atoms with Gasteiger partial charge in [-0.1, -0.05) is 242 Å². The standard InChI is InChI=1S/C69H110NO8P/c1-3-5-7-9-11-13-15-17-19-21-22-23-24-25-26-27-28-29-30-31-32-33-34-35-36-37-38-39-40-41-42-43-44-46-48-50-52-54-56-58-60-62-69(72)78-67(66-77-79(73,74)76-64-63-70)65-75-68(71)61-59-57-55-53-51-49-47-45-20-18-16-14-12-10-8-6-4-2/h5,7,11-14,17-20,22-23,25-26,28-29,31-32,34-35,37-38,40-41,43-44,48,50,67H,3-4,6,8-10,15-16,21,24,27,30,33,36,39,42,45-47,49,51-66,70H2,1-2H3,(H,73,74)/b7-5-,13-11-,14-12-,19-17-,20-18-,23-22-,26-25-,29-28-,32-31-,35-34-,38-37-,41-40-,44-43-,50-48-. The van der Waals surface area contributed by atoms with E-state index in [0.717, 1.165) is 135 Å². The van der Waals surface area contributed by atoms with Crippen LogP contribution < -0.4 is 5.73 Å². The molecule has 2 atom stereocenters. The lowest BCUT2D eigenvalue weighted by molar-refractivity contribution is -0.161. The average Bonchev–Trinajstić information content (AvgIpc) is 3.44. The van der Waals surface area contributed by atoms with Gasteiger partial charge < -0.3 is 20.1 Å². The molecule has 0 heterocycles. The molecule has 0 radical (unpaired) electrons. The van der Waals surface area contributed by atoms with Crippen molar-refractivity contribution in [2.45, 2.75) is 225 Å². The van der Waals surface area contributed by atoms with Gasteiger partial charge in [0.25, 0.3) is 0 Å². The summed E-state index contributed by atoms with van der Waals surface area (Å²) < 4.78 is 33.0. The van der Waals surface area contributed by atoms with E-state index in [4.69, 9.17) is 24.3 Å². The molecule has 0 saturated carbocycles. The number of hydrogen-bond donors (Lipinski definition) is 2. The Balaban J connectivity index is 4.07. The van der Waals surface area contributed by atoms with Crippen molar-refractivity contribution in [1.29, 1.82) is 0 Å². The molecule has 3 N–H and O–H groups in total. The van der Waals surface area contributed by atoms with Gasteiger partial charge in [-0.05, 0) is 135 Å². The van der Waals surface area contributed by atoms with E-state index >= 15 is 0 Å². The van der Waals surface area contributed by atoms with Crippen molar-refractivity contribution in [2.24, 2.45) is 5.73 Å². The summed E-state index contributed by atoms with van der Waals surface area (Å²) >= 11 is 0. The third-order valence-corrected chi connectivity index (χ3v) is 13.1. The van der Waals surface area contributed by atoms with Crippen LogP contribution >= 0.6 is 7.82 Å². The van der Waals surface area contributed by atoms with Gasteiger partial charge in [0.05, 0.1) is 13.2 Å². The molecule has 444 valence electrons. The highest BCUT2D eigenvalue weighted by atomic mass is 31.2. The lowest BCUT2D eigenvalue weighted by Gasteiger charge is -2.19. The molecular weight excluding hydrogens is 1000 g/mol. The Bertz CT molecular complexity index is 1890. The number of carbonyl (C=O) groups is 2. The minimum absolute atomic E-state index is 0.0388. The fourth-order valence-corrected chi connectivity index (χ4v) is 8.35. The Labute approximate surface area is 482 Å². The van der Waals surface area contributed by atoms with Gasteiger partial charge in [0.1, 0.15) is 6.61 Å². The van der Waals surface area contributed by atoms with E-state index in [1.165, 1.54) is 44.9 Å². The predicted molar refractivity (Wildman–Crippen MR) is 339 cm³/mol. The van der Waals surface area contributed by atoms with Crippen LogP contribution in [0.3, 0.4) is 0 Å². The van der Waals surface area contributed by atoms with Gasteiger partial charge in [-0.3, -0.25) is 18.6 Å². The molecule has 10 heteroatoms. The highest BCUT2D eigenvalue weighted by Crippen LogP contribution is 2.43. The number of carbonyl (C=O) groups excluding carboxylic acids is 2. The van der Waals surface area contributed by atoms with Crippen LogP contribution in [0.4, 0.5) is 0 Å². The number of ether oxygens (including phenoxy) is 2. The summed E-state index contributed by atoms with van der Waals surface area (Å²) in [6, 6.07) is 0. The lowest BCUT2D eigenvalue weighted by atomic mass is 10.1. The van der Waals surface area contributed by atoms with Crippen LogP contribution in [0.25, 0.3) is 0 Å². The van der Waals surface area contributed by atoms with Gasteiger partial charge in [-0.2, -0.15) is 0 Å². The SMILES string of the molecule is CC/C=C\C/C=C\C/C=C\C/C=C\C/C=C\C/C=C\C/C=C\C/C=C\C/C=C\C/C=C\C/C=C\C/C=C\CCCCCCC(=O)OC(COC(=O)CCCCCCCCC/C=C\C/C=C\CCCCC)COP(=O)(O)OCCN. The Morgan fingerprint density at radius 1 is 0.392 bits per heavy atom. The van der Waals surface area contributed by atoms with Crippen LogP contribution in [0, 0.1) is 0 Å². The largest absolute Gasteiger partial charge is 0.472 e. The van der Waals surface area contributed by atoms with Gasteiger partial charge in [-0.25, -0.2) is 4.57 Å². The first-order valence-corrected chi connectivity index (χ1v) is 32.1. The molecule has 0 fully saturated rings. The maximum atomic E-state index is 12.7. The molecule has 0 amide bonds. The molecular formula is C69H110NO8P. The number of nitrogens with two attached hydrogens (primary N) is 1. The van der Waals surface area contributed by atoms with E-state index in [1.807, 2.05) is 0 Å². The third kappa shape index (κ3) is 62.4. The monoisotopic (exact) mass is 1110 g/mol. The van der Waals surface area contributed by atoms with Crippen LogP contribution in [-0.2, 0) is 32.7 Å². The van der Waals surface area contributed by atoms with E-state index in [1.54, 1.807) is 0 Å². The van der Waals surface area contributed by atoms with E-state index in [2.05, 4.69) is 184 Å². The second kappa shape index (κ2) is 62.6. The van der Waals surface area contributed by atoms with E-state index in [-0.39, 0.29) is 32.6 Å². The van der Waals surface area contributed by atoms with Crippen molar-refractivity contribution in [2.75, 3.05) is 26.4 Å². The van der Waals surface area contributed by atoms with Crippen LogP contribution in [0.15, 0.2) is 170 Å². The molecule has 0 aliphatic heterocycles. The summed E-state index contributed by atoms with van der Waals surface area (Å²) in [5.74, 6) is -0.879. The number of phosphoric ester groups is 1. The molecule has 79 heavy (non-hydrogen) atoms. The van der Waals surface area contributed by atoms with Crippen LogP contribution in [0.1, 0.15) is 219 Å². The Morgan fingerprint density at radius 3 is 1.04 bits per heavy atom. The summed E-state index contributed by atoms with van der Waals surface area (Å²) in [5, 5.41) is 0. The number of phosphoric acid groups is 1. The fourth-order valence-electron chi connectivity index (χ4n) is 7.59. The minimum atomic E-state index is -4.41. The number of rotatable bonds is 55. The molecule has 9 nitrogen and oxygen atoms in total. The van der Waals surface area contributed by atoms with Gasteiger partial charge in [0, 0.05) is 19.4 Å². The van der Waals surface area contributed by atoms with Crippen molar-refractivity contribution in [3.8, 4) is 0 Å². The molecule has 0 aliphatic rings. The van der Waals surface area contributed by atoms with E-state index in [0.29, 0.717) is 12.8 Å². The summed E-state index contributed by atoms with van der Waals surface area (Å²) in [7, 11) is -4.41. The smallest absolute Gasteiger partial charge is 0.462 e. The second-order valence-corrected chi connectivity index (χ2v) is 20.9. The first-order chi connectivity index (χ1) is 38.8. The number of allylic oxidation sites excluding steroid dienone is 28. The van der Waals surface area contributed by atoms with E-state index < -0.39 is 32.5 Å². The van der Waals surface area contributed by atoms with Crippen molar-refractivity contribution in [1.82, 2.24) is 0 Å². The Kier molecular flexibility index (Phi) is 58.9. The topological polar surface area (TPSA) is 134 Å².